The van der Waals surface area contributed by atoms with Crippen molar-refractivity contribution < 1.29 is 14.4 Å². The molecule has 0 saturated carbocycles. The average molecular weight is 268 g/mol. The normalized spacial score (nSPS) is 42.8. The first-order chi connectivity index (χ1) is 8.81. The van der Waals surface area contributed by atoms with E-state index in [0.29, 0.717) is 17.9 Å². The zero-order chi connectivity index (χ0) is 12.1. The van der Waals surface area contributed by atoms with Gasteiger partial charge in [-0.3, -0.25) is 0 Å². The Kier molecular flexibility index (Phi) is 2.63. The van der Waals surface area contributed by atoms with Gasteiger partial charge >= 0.3 is 0 Å². The highest BCUT2D eigenvalue weighted by Gasteiger charge is 2.44. The van der Waals surface area contributed by atoms with Crippen LogP contribution in [0.2, 0.25) is 0 Å². The number of ether oxygens (including phenoxy) is 1. The number of rotatable bonds is 2. The van der Waals surface area contributed by atoms with Gasteiger partial charge < -0.3 is 14.4 Å². The Labute approximate surface area is 109 Å². The lowest BCUT2D eigenvalue weighted by Gasteiger charge is -2.14. The molecule has 6 heteroatoms. The standard InChI is InChI=1S/C12H16N2O3S/c15-9-5-18-4-8(9)12-13-11(14-17-12)7-3-6-1-2-10(7)16-6/h6-10,15H,1-5H2. The summed E-state index contributed by atoms with van der Waals surface area (Å²) in [6.07, 6.45) is 3.63. The number of hydrogen-bond acceptors (Lipinski definition) is 6. The largest absolute Gasteiger partial charge is 0.391 e. The van der Waals surface area contributed by atoms with Crippen LogP contribution in [0.25, 0.3) is 0 Å². The number of fused-ring (bicyclic) bond motifs is 2. The first-order valence-corrected chi connectivity index (χ1v) is 7.71. The predicted molar refractivity (Wildman–Crippen MR) is 65.6 cm³/mol. The molecule has 1 N–H and O–H groups in total. The van der Waals surface area contributed by atoms with Crippen molar-refractivity contribution in [2.75, 3.05) is 11.5 Å². The number of aliphatic hydroxyl groups is 1. The topological polar surface area (TPSA) is 68.4 Å². The second kappa shape index (κ2) is 4.21. The third kappa shape index (κ3) is 1.70. The predicted octanol–water partition coefficient (Wildman–Crippen LogP) is 1.30. The maximum atomic E-state index is 9.85. The minimum atomic E-state index is -0.348. The lowest BCUT2D eigenvalue weighted by Crippen LogP contribution is -2.17. The van der Waals surface area contributed by atoms with Gasteiger partial charge in [0, 0.05) is 11.5 Å². The van der Waals surface area contributed by atoms with Crippen LogP contribution in [-0.4, -0.2) is 45.1 Å². The van der Waals surface area contributed by atoms with E-state index in [2.05, 4.69) is 10.1 Å². The van der Waals surface area contributed by atoms with Gasteiger partial charge in [0.1, 0.15) is 0 Å². The summed E-state index contributed by atoms with van der Waals surface area (Å²) in [5.41, 5.74) is 0. The summed E-state index contributed by atoms with van der Waals surface area (Å²) in [7, 11) is 0. The van der Waals surface area contributed by atoms with Crippen LogP contribution in [0, 0.1) is 0 Å². The molecule has 3 saturated heterocycles. The van der Waals surface area contributed by atoms with Crippen molar-refractivity contribution in [1.29, 1.82) is 0 Å². The molecule has 4 heterocycles. The fourth-order valence-corrected chi connectivity index (χ4v) is 4.47. The van der Waals surface area contributed by atoms with E-state index in [-0.39, 0.29) is 18.1 Å². The Bertz CT molecular complexity index is 452. The van der Waals surface area contributed by atoms with Gasteiger partial charge in [-0.15, -0.1) is 0 Å². The fraction of sp³-hybridized carbons (Fsp3) is 0.833. The second-order valence-corrected chi connectivity index (χ2v) is 6.49. The number of thioether (sulfide) groups is 1. The van der Waals surface area contributed by atoms with E-state index >= 15 is 0 Å². The molecule has 0 aromatic carbocycles. The lowest BCUT2D eigenvalue weighted by atomic mass is 9.89. The van der Waals surface area contributed by atoms with Crippen molar-refractivity contribution in [3.05, 3.63) is 11.7 Å². The molecule has 0 amide bonds. The van der Waals surface area contributed by atoms with Crippen molar-refractivity contribution in [2.45, 2.75) is 49.4 Å². The maximum absolute atomic E-state index is 9.85. The third-order valence-electron chi connectivity index (χ3n) is 4.26. The van der Waals surface area contributed by atoms with Crippen molar-refractivity contribution in [3.8, 4) is 0 Å². The van der Waals surface area contributed by atoms with Crippen molar-refractivity contribution in [2.24, 2.45) is 0 Å². The van der Waals surface area contributed by atoms with Gasteiger partial charge in [-0.1, -0.05) is 5.16 Å². The molecule has 18 heavy (non-hydrogen) atoms. The zero-order valence-electron chi connectivity index (χ0n) is 9.99. The van der Waals surface area contributed by atoms with E-state index in [1.807, 2.05) is 0 Å². The molecule has 5 nitrogen and oxygen atoms in total. The highest BCUT2D eigenvalue weighted by Crippen LogP contribution is 2.44. The highest BCUT2D eigenvalue weighted by molar-refractivity contribution is 7.99. The molecule has 1 aromatic rings. The van der Waals surface area contributed by atoms with E-state index in [1.54, 1.807) is 11.8 Å². The number of aromatic nitrogens is 2. The van der Waals surface area contributed by atoms with Gasteiger partial charge in [0.15, 0.2) is 5.82 Å². The van der Waals surface area contributed by atoms with Crippen molar-refractivity contribution in [1.82, 2.24) is 10.1 Å². The minimum Gasteiger partial charge on any atom is -0.391 e. The molecule has 5 unspecified atom stereocenters. The van der Waals surface area contributed by atoms with E-state index in [9.17, 15) is 5.11 Å². The van der Waals surface area contributed by atoms with Crippen LogP contribution in [0.4, 0.5) is 0 Å². The van der Waals surface area contributed by atoms with E-state index in [0.717, 1.165) is 30.2 Å². The highest BCUT2D eigenvalue weighted by atomic mass is 32.2. The van der Waals surface area contributed by atoms with Gasteiger partial charge in [0.25, 0.3) is 0 Å². The van der Waals surface area contributed by atoms with E-state index in [4.69, 9.17) is 9.26 Å². The first-order valence-electron chi connectivity index (χ1n) is 6.56. The van der Waals surface area contributed by atoms with Crippen LogP contribution < -0.4 is 0 Å². The second-order valence-electron chi connectivity index (χ2n) is 5.42. The van der Waals surface area contributed by atoms with E-state index < -0.39 is 0 Å². The van der Waals surface area contributed by atoms with Crippen LogP contribution >= 0.6 is 11.8 Å². The zero-order valence-corrected chi connectivity index (χ0v) is 10.8. The molecule has 2 bridgehead atoms. The number of nitrogens with zero attached hydrogens (tertiary/aromatic N) is 2. The Hall–Kier alpha value is -0.590. The summed E-state index contributed by atoms with van der Waals surface area (Å²) < 4.78 is 11.2. The van der Waals surface area contributed by atoms with Gasteiger partial charge in [-0.2, -0.15) is 16.7 Å². The Morgan fingerprint density at radius 2 is 2.17 bits per heavy atom. The average Bonchev–Trinajstić information content (AvgIpc) is 3.12. The Morgan fingerprint density at radius 1 is 1.22 bits per heavy atom. The minimum absolute atomic E-state index is 0.00996. The Morgan fingerprint density at radius 3 is 2.83 bits per heavy atom. The van der Waals surface area contributed by atoms with Gasteiger partial charge in [-0.05, 0) is 19.3 Å². The third-order valence-corrected chi connectivity index (χ3v) is 5.43. The van der Waals surface area contributed by atoms with Crippen LogP contribution in [0.3, 0.4) is 0 Å². The van der Waals surface area contributed by atoms with E-state index in [1.165, 1.54) is 6.42 Å². The summed E-state index contributed by atoms with van der Waals surface area (Å²) in [5.74, 6) is 3.32. The van der Waals surface area contributed by atoms with Gasteiger partial charge in [-0.25, -0.2) is 0 Å². The van der Waals surface area contributed by atoms with Crippen LogP contribution in [0.5, 0.6) is 0 Å². The van der Waals surface area contributed by atoms with Crippen LogP contribution in [-0.2, 0) is 4.74 Å². The lowest BCUT2D eigenvalue weighted by molar-refractivity contribution is 0.0996. The summed E-state index contributed by atoms with van der Waals surface area (Å²) in [6.45, 7) is 0. The molecule has 3 fully saturated rings. The van der Waals surface area contributed by atoms with Gasteiger partial charge in [0.05, 0.1) is 30.1 Å². The summed E-state index contributed by atoms with van der Waals surface area (Å²) in [6, 6.07) is 0. The van der Waals surface area contributed by atoms with Crippen LogP contribution in [0.1, 0.15) is 42.8 Å². The number of aliphatic hydroxyl groups excluding tert-OH is 1. The SMILES string of the molecule is OC1CSCC1c1nc(C2CC3CCC2O3)no1. The van der Waals surface area contributed by atoms with Crippen LogP contribution in [0.15, 0.2) is 4.52 Å². The summed E-state index contributed by atoms with van der Waals surface area (Å²) in [4.78, 5) is 4.51. The maximum Gasteiger partial charge on any atom is 0.233 e. The summed E-state index contributed by atoms with van der Waals surface area (Å²) >= 11 is 1.74. The van der Waals surface area contributed by atoms with Crippen molar-refractivity contribution in [3.63, 3.8) is 0 Å². The molecular formula is C12H16N2O3S. The van der Waals surface area contributed by atoms with Gasteiger partial charge in [0.2, 0.25) is 5.89 Å². The molecule has 0 spiro atoms. The monoisotopic (exact) mass is 268 g/mol. The molecule has 3 aliphatic rings. The molecule has 1 aromatic heterocycles. The molecule has 0 aliphatic carbocycles. The van der Waals surface area contributed by atoms with Crippen molar-refractivity contribution >= 4 is 11.8 Å². The first kappa shape index (κ1) is 11.3. The molecular weight excluding hydrogens is 252 g/mol. The molecule has 3 aliphatic heterocycles. The number of hydrogen-bond donors (Lipinski definition) is 1. The molecule has 98 valence electrons. The molecule has 5 atom stereocenters. The molecule has 4 rings (SSSR count). The smallest absolute Gasteiger partial charge is 0.233 e. The fourth-order valence-electron chi connectivity index (χ4n) is 3.24. The summed E-state index contributed by atoms with van der Waals surface area (Å²) in [5, 5.41) is 14.0. The Balaban J connectivity index is 1.55. The quantitative estimate of drug-likeness (QED) is 0.872. The molecule has 0 radical (unpaired) electrons.